The largest absolute Gasteiger partial charge is 0.370 e. The van der Waals surface area contributed by atoms with Crippen LogP contribution < -0.4 is 0 Å². The van der Waals surface area contributed by atoms with Crippen molar-refractivity contribution in [3.8, 4) is 6.07 Å². The number of ketones is 1. The van der Waals surface area contributed by atoms with Gasteiger partial charge in [0, 0.05) is 12.7 Å². The van der Waals surface area contributed by atoms with Crippen molar-refractivity contribution in [3.63, 3.8) is 0 Å². The summed E-state index contributed by atoms with van der Waals surface area (Å²) in [7, 11) is 0. The highest BCUT2D eigenvalue weighted by Gasteiger charge is 2.31. The van der Waals surface area contributed by atoms with Crippen LogP contribution in [0, 0.1) is 23.0 Å². The Labute approximate surface area is 103 Å². The molecule has 0 bridgehead atoms. The summed E-state index contributed by atoms with van der Waals surface area (Å²) >= 11 is 0. The second-order valence-electron chi connectivity index (χ2n) is 4.17. The molecule has 2 atom stereocenters. The molecule has 1 heterocycles. The molecule has 1 aromatic carbocycles. The van der Waals surface area contributed by atoms with Gasteiger partial charge in [-0.2, -0.15) is 5.26 Å². The molecular formula is C13H11F2NO2. The van der Waals surface area contributed by atoms with Crippen LogP contribution in [-0.4, -0.2) is 18.5 Å². The first-order valence-corrected chi connectivity index (χ1v) is 5.63. The number of carbonyl (C=O) groups is 1. The van der Waals surface area contributed by atoms with E-state index in [4.69, 9.17) is 10.00 Å². The summed E-state index contributed by atoms with van der Waals surface area (Å²) in [5.41, 5.74) is 0.0375. The highest BCUT2D eigenvalue weighted by molar-refractivity contribution is 5.92. The Morgan fingerprint density at radius 2 is 2.06 bits per heavy atom. The van der Waals surface area contributed by atoms with E-state index in [-0.39, 0.29) is 5.56 Å². The molecule has 18 heavy (non-hydrogen) atoms. The first-order chi connectivity index (χ1) is 8.61. The maximum atomic E-state index is 13.1. The molecule has 1 aliphatic heterocycles. The van der Waals surface area contributed by atoms with Gasteiger partial charge in [0.15, 0.2) is 5.78 Å². The first-order valence-electron chi connectivity index (χ1n) is 5.63. The van der Waals surface area contributed by atoms with Gasteiger partial charge in [-0.05, 0) is 30.5 Å². The smallest absolute Gasteiger partial charge is 0.183 e. The second kappa shape index (κ2) is 5.23. The Bertz CT molecular complexity index is 484. The van der Waals surface area contributed by atoms with E-state index >= 15 is 0 Å². The number of carbonyl (C=O) groups excluding carboxylic acids is 1. The number of nitrogens with zero attached hydrogens (tertiary/aromatic N) is 1. The van der Waals surface area contributed by atoms with E-state index in [2.05, 4.69) is 0 Å². The lowest BCUT2D eigenvalue weighted by Gasteiger charge is -2.13. The third-order valence-electron chi connectivity index (χ3n) is 2.88. The lowest BCUT2D eigenvalue weighted by molar-refractivity contribution is -0.128. The molecule has 0 radical (unpaired) electrons. The van der Waals surface area contributed by atoms with Crippen LogP contribution in [0.1, 0.15) is 24.3 Å². The average molecular weight is 251 g/mol. The number of rotatable bonds is 3. The summed E-state index contributed by atoms with van der Waals surface area (Å²) in [4.78, 5) is 12.0. The summed E-state index contributed by atoms with van der Waals surface area (Å²) in [6.07, 6.45) is 0.668. The molecule has 1 aromatic rings. The Morgan fingerprint density at radius 1 is 1.39 bits per heavy atom. The van der Waals surface area contributed by atoms with Gasteiger partial charge >= 0.3 is 0 Å². The van der Waals surface area contributed by atoms with E-state index in [1.807, 2.05) is 0 Å². The van der Waals surface area contributed by atoms with Crippen molar-refractivity contribution in [1.29, 1.82) is 5.26 Å². The van der Waals surface area contributed by atoms with Crippen LogP contribution in [0.3, 0.4) is 0 Å². The number of hydrogen-bond donors (Lipinski definition) is 0. The highest BCUT2D eigenvalue weighted by Crippen LogP contribution is 2.24. The summed E-state index contributed by atoms with van der Waals surface area (Å²) in [6, 6.07) is 4.50. The molecule has 2 rings (SSSR count). The standard InChI is InChI=1S/C13H11F2NO2/c14-9-4-8(5-10(15)6-9)11(7-16)13(17)12-2-1-3-18-12/h4-6,11-12H,1-3H2. The lowest BCUT2D eigenvalue weighted by Crippen LogP contribution is -2.25. The van der Waals surface area contributed by atoms with Gasteiger partial charge < -0.3 is 4.74 Å². The Morgan fingerprint density at radius 3 is 2.56 bits per heavy atom. The van der Waals surface area contributed by atoms with E-state index in [0.29, 0.717) is 19.1 Å². The molecule has 94 valence electrons. The van der Waals surface area contributed by atoms with Crippen molar-refractivity contribution in [2.75, 3.05) is 6.61 Å². The topological polar surface area (TPSA) is 50.1 Å². The van der Waals surface area contributed by atoms with E-state index in [1.165, 1.54) is 0 Å². The Kier molecular flexibility index (Phi) is 3.68. The first kappa shape index (κ1) is 12.7. The molecule has 5 heteroatoms. The van der Waals surface area contributed by atoms with Crippen LogP contribution in [0.5, 0.6) is 0 Å². The molecule has 3 nitrogen and oxygen atoms in total. The minimum atomic E-state index is -1.18. The second-order valence-corrected chi connectivity index (χ2v) is 4.17. The average Bonchev–Trinajstić information content (AvgIpc) is 2.81. The highest BCUT2D eigenvalue weighted by atomic mass is 19.1. The van der Waals surface area contributed by atoms with Crippen molar-refractivity contribution in [2.45, 2.75) is 24.9 Å². The van der Waals surface area contributed by atoms with Crippen LogP contribution in [0.25, 0.3) is 0 Å². The predicted octanol–water partition coefficient (Wildman–Crippen LogP) is 2.32. The molecule has 2 unspecified atom stereocenters. The summed E-state index contributed by atoms with van der Waals surface area (Å²) < 4.78 is 31.3. The molecule has 0 saturated carbocycles. The number of nitriles is 1. The van der Waals surface area contributed by atoms with Crippen molar-refractivity contribution < 1.29 is 18.3 Å². The molecule has 1 fully saturated rings. The zero-order valence-corrected chi connectivity index (χ0v) is 9.53. The molecule has 1 saturated heterocycles. The maximum absolute atomic E-state index is 13.1. The van der Waals surface area contributed by atoms with Crippen LogP contribution in [0.4, 0.5) is 8.78 Å². The van der Waals surface area contributed by atoms with Gasteiger partial charge in [-0.1, -0.05) is 0 Å². The lowest BCUT2D eigenvalue weighted by atomic mass is 9.92. The minimum Gasteiger partial charge on any atom is -0.370 e. The molecular weight excluding hydrogens is 240 g/mol. The van der Waals surface area contributed by atoms with Gasteiger partial charge in [0.05, 0.1) is 6.07 Å². The third-order valence-corrected chi connectivity index (χ3v) is 2.88. The summed E-state index contributed by atoms with van der Waals surface area (Å²) in [6.45, 7) is 0.478. The number of ether oxygens (including phenoxy) is 1. The van der Waals surface area contributed by atoms with Gasteiger partial charge in [-0.15, -0.1) is 0 Å². The van der Waals surface area contributed by atoms with E-state index < -0.39 is 29.4 Å². The fraction of sp³-hybridized carbons (Fsp3) is 0.385. The Balaban J connectivity index is 2.27. The van der Waals surface area contributed by atoms with E-state index in [0.717, 1.165) is 18.6 Å². The molecule has 0 N–H and O–H groups in total. The monoisotopic (exact) mass is 251 g/mol. The number of halogens is 2. The fourth-order valence-electron chi connectivity index (χ4n) is 2.03. The third kappa shape index (κ3) is 2.54. The van der Waals surface area contributed by atoms with Crippen LogP contribution in [0.2, 0.25) is 0 Å². The number of Topliss-reactive ketones (excluding diaryl/α,β-unsaturated/α-hetero) is 1. The summed E-state index contributed by atoms with van der Waals surface area (Å²) in [5, 5.41) is 9.02. The van der Waals surface area contributed by atoms with Crippen molar-refractivity contribution in [2.24, 2.45) is 0 Å². The zero-order valence-electron chi connectivity index (χ0n) is 9.53. The molecule has 0 spiro atoms. The maximum Gasteiger partial charge on any atom is 0.183 e. The van der Waals surface area contributed by atoms with Crippen LogP contribution in [0.15, 0.2) is 18.2 Å². The van der Waals surface area contributed by atoms with Gasteiger partial charge in [0.2, 0.25) is 0 Å². The molecule has 0 amide bonds. The zero-order chi connectivity index (χ0) is 13.1. The predicted molar refractivity (Wildman–Crippen MR) is 58.7 cm³/mol. The summed E-state index contributed by atoms with van der Waals surface area (Å²) in [5.74, 6) is -3.21. The normalized spacial score (nSPS) is 20.4. The fourth-order valence-corrected chi connectivity index (χ4v) is 2.03. The quantitative estimate of drug-likeness (QED) is 0.828. The van der Waals surface area contributed by atoms with Crippen molar-refractivity contribution >= 4 is 5.78 Å². The minimum absolute atomic E-state index is 0.0375. The van der Waals surface area contributed by atoms with Crippen molar-refractivity contribution in [1.82, 2.24) is 0 Å². The SMILES string of the molecule is N#CC(C(=O)C1CCCO1)c1cc(F)cc(F)c1. The van der Waals surface area contributed by atoms with Crippen LogP contribution >= 0.6 is 0 Å². The molecule has 0 aromatic heterocycles. The number of hydrogen-bond acceptors (Lipinski definition) is 3. The van der Waals surface area contributed by atoms with Crippen molar-refractivity contribution in [3.05, 3.63) is 35.4 Å². The molecule has 1 aliphatic rings. The van der Waals surface area contributed by atoms with E-state index in [9.17, 15) is 13.6 Å². The van der Waals surface area contributed by atoms with Gasteiger partial charge in [0.25, 0.3) is 0 Å². The van der Waals surface area contributed by atoms with Gasteiger partial charge in [-0.25, -0.2) is 8.78 Å². The van der Waals surface area contributed by atoms with Crippen LogP contribution in [-0.2, 0) is 9.53 Å². The molecule has 0 aliphatic carbocycles. The Hall–Kier alpha value is -1.80. The number of benzene rings is 1. The van der Waals surface area contributed by atoms with Gasteiger partial charge in [-0.3, -0.25) is 4.79 Å². The van der Waals surface area contributed by atoms with E-state index in [1.54, 1.807) is 6.07 Å². The van der Waals surface area contributed by atoms with Gasteiger partial charge in [0.1, 0.15) is 23.7 Å².